The van der Waals surface area contributed by atoms with E-state index in [1.807, 2.05) is 0 Å². The second kappa shape index (κ2) is 11.6. The van der Waals surface area contributed by atoms with Gasteiger partial charge in [-0.05, 0) is 38.9 Å². The molecule has 12 heavy (non-hydrogen) atoms. The average molecular weight is 164 g/mol. The fourth-order valence-electron chi connectivity index (χ4n) is 1.30. The summed E-state index contributed by atoms with van der Waals surface area (Å²) < 4.78 is 0. The first-order chi connectivity index (χ1) is 5.35. The summed E-state index contributed by atoms with van der Waals surface area (Å²) in [5, 5.41) is 0. The van der Waals surface area contributed by atoms with Gasteiger partial charge in [0, 0.05) is 0 Å². The summed E-state index contributed by atoms with van der Waals surface area (Å²) in [6, 6.07) is 0. The van der Waals surface area contributed by atoms with Crippen LogP contribution in [-0.4, -0.2) is 43.4 Å². The van der Waals surface area contributed by atoms with E-state index in [1.54, 1.807) is 0 Å². The van der Waals surface area contributed by atoms with Crippen molar-refractivity contribution < 1.29 is 0 Å². The van der Waals surface area contributed by atoms with Crippen molar-refractivity contribution >= 4 is 18.9 Å². The normalized spacial score (nSPS) is 10.0. The first-order valence-electron chi connectivity index (χ1n) is 4.86. The monoisotopic (exact) mass is 164 g/mol. The van der Waals surface area contributed by atoms with Gasteiger partial charge < -0.3 is 4.90 Å². The third-order valence-corrected chi connectivity index (χ3v) is 1.80. The first-order valence-corrected chi connectivity index (χ1v) is 4.86. The molecule has 0 amide bonds. The molecule has 1 nitrogen and oxygen atoms in total. The van der Waals surface area contributed by atoms with Crippen LogP contribution >= 0.6 is 0 Å². The Morgan fingerprint density at radius 1 is 1.00 bits per heavy atom. The van der Waals surface area contributed by atoms with Crippen LogP contribution in [0, 0.1) is 6.92 Å². The van der Waals surface area contributed by atoms with E-state index in [0.717, 1.165) is 6.42 Å². The van der Waals surface area contributed by atoms with Crippen LogP contribution in [0.5, 0.6) is 0 Å². The summed E-state index contributed by atoms with van der Waals surface area (Å²) in [5.41, 5.74) is 0. The molecule has 0 aliphatic rings. The van der Waals surface area contributed by atoms with Crippen molar-refractivity contribution in [3.63, 3.8) is 0 Å². The minimum absolute atomic E-state index is 0. The molecule has 69 valence electrons. The Hall–Kier alpha value is 0.557. The molecule has 0 fully saturated rings. The molecule has 0 aromatic rings. The fourth-order valence-corrected chi connectivity index (χ4v) is 1.30. The molecule has 0 aliphatic heterocycles. The Balaban J connectivity index is 0. The van der Waals surface area contributed by atoms with Crippen molar-refractivity contribution in [1.82, 2.24) is 4.90 Å². The first kappa shape index (κ1) is 15.0. The molecule has 0 aliphatic carbocycles. The van der Waals surface area contributed by atoms with Crippen LogP contribution in [0.4, 0.5) is 0 Å². The fraction of sp³-hybridized carbons (Fsp3) is 0.900. The van der Waals surface area contributed by atoms with Gasteiger partial charge in [-0.25, -0.2) is 0 Å². The van der Waals surface area contributed by atoms with Crippen molar-refractivity contribution in [2.24, 2.45) is 0 Å². The number of hydrogen-bond donors (Lipinski definition) is 0. The molecular formula is C10H23LiN. The zero-order valence-electron chi connectivity index (χ0n) is 8.10. The number of rotatable bonds is 7. The predicted octanol–water partition coefficient (Wildman–Crippen LogP) is 2.07. The standard InChI is InChI=1S/C10H22N.Li.H/c1-4-7-10-11(8-5-2)9-6-3;;/h1,4-10H2,2-3H3;;. The molecule has 0 saturated heterocycles. The molecule has 0 unspecified atom stereocenters. The Morgan fingerprint density at radius 2 is 1.50 bits per heavy atom. The van der Waals surface area contributed by atoms with Crippen LogP contribution in [-0.2, 0) is 0 Å². The molecule has 0 bridgehead atoms. The Morgan fingerprint density at radius 3 is 1.83 bits per heavy atom. The van der Waals surface area contributed by atoms with E-state index >= 15 is 0 Å². The summed E-state index contributed by atoms with van der Waals surface area (Å²) >= 11 is 0. The van der Waals surface area contributed by atoms with Crippen molar-refractivity contribution in [2.45, 2.75) is 39.5 Å². The molecule has 0 N–H and O–H groups in total. The zero-order chi connectivity index (χ0) is 8.53. The summed E-state index contributed by atoms with van der Waals surface area (Å²) in [7, 11) is 0. The van der Waals surface area contributed by atoms with E-state index < -0.39 is 0 Å². The summed E-state index contributed by atoms with van der Waals surface area (Å²) in [6.45, 7) is 12.1. The van der Waals surface area contributed by atoms with E-state index in [9.17, 15) is 0 Å². The minimum atomic E-state index is 0. The van der Waals surface area contributed by atoms with Gasteiger partial charge in [0.1, 0.15) is 0 Å². The van der Waals surface area contributed by atoms with E-state index in [2.05, 4.69) is 25.7 Å². The van der Waals surface area contributed by atoms with Crippen LogP contribution in [0.1, 0.15) is 39.5 Å². The van der Waals surface area contributed by atoms with Gasteiger partial charge in [0.25, 0.3) is 0 Å². The Bertz CT molecular complexity index is 70.2. The summed E-state index contributed by atoms with van der Waals surface area (Å²) in [4.78, 5) is 2.53. The number of unbranched alkanes of at least 4 members (excludes halogenated alkanes) is 1. The van der Waals surface area contributed by atoms with E-state index in [0.29, 0.717) is 0 Å². The van der Waals surface area contributed by atoms with Crippen LogP contribution in [0.3, 0.4) is 0 Å². The van der Waals surface area contributed by atoms with Crippen LogP contribution in [0.15, 0.2) is 0 Å². The molecule has 1 radical (unpaired) electrons. The van der Waals surface area contributed by atoms with Crippen molar-refractivity contribution in [2.75, 3.05) is 19.6 Å². The molecule has 0 aromatic heterocycles. The summed E-state index contributed by atoms with van der Waals surface area (Å²) in [6.07, 6.45) is 4.87. The molecule has 0 rings (SSSR count). The molecule has 0 aromatic carbocycles. The Labute approximate surface area is 90.1 Å². The van der Waals surface area contributed by atoms with Gasteiger partial charge in [0.15, 0.2) is 0 Å². The maximum atomic E-state index is 3.85. The van der Waals surface area contributed by atoms with E-state index in [-0.39, 0.29) is 18.9 Å². The van der Waals surface area contributed by atoms with Gasteiger partial charge in [-0.1, -0.05) is 27.2 Å². The molecule has 0 atom stereocenters. The van der Waals surface area contributed by atoms with Crippen molar-refractivity contribution in [1.29, 1.82) is 0 Å². The number of nitrogens with zero attached hydrogens (tertiary/aromatic N) is 1. The van der Waals surface area contributed by atoms with Crippen LogP contribution < -0.4 is 0 Å². The predicted molar refractivity (Wildman–Crippen MR) is 58.8 cm³/mol. The van der Waals surface area contributed by atoms with Gasteiger partial charge in [-0.2, -0.15) is 0 Å². The quantitative estimate of drug-likeness (QED) is 0.521. The molecule has 0 saturated carbocycles. The zero-order valence-corrected chi connectivity index (χ0v) is 8.10. The van der Waals surface area contributed by atoms with Gasteiger partial charge in [0.2, 0.25) is 0 Å². The molecule has 2 heteroatoms. The third-order valence-electron chi connectivity index (χ3n) is 1.80. The van der Waals surface area contributed by atoms with Gasteiger partial charge in [-0.15, -0.1) is 0 Å². The maximum absolute atomic E-state index is 3.85. The second-order valence-electron chi connectivity index (χ2n) is 3.05. The molecule has 0 spiro atoms. The van der Waals surface area contributed by atoms with E-state index in [1.165, 1.54) is 38.9 Å². The van der Waals surface area contributed by atoms with Crippen LogP contribution in [0.25, 0.3) is 0 Å². The average Bonchev–Trinajstić information content (AvgIpc) is 2.01. The summed E-state index contributed by atoms with van der Waals surface area (Å²) in [5.74, 6) is 0. The van der Waals surface area contributed by atoms with Crippen molar-refractivity contribution in [3.05, 3.63) is 6.92 Å². The molecule has 0 heterocycles. The second-order valence-corrected chi connectivity index (χ2v) is 3.05. The van der Waals surface area contributed by atoms with Gasteiger partial charge in [-0.3, -0.25) is 0 Å². The van der Waals surface area contributed by atoms with E-state index in [4.69, 9.17) is 0 Å². The topological polar surface area (TPSA) is 3.24 Å². The third kappa shape index (κ3) is 8.65. The Kier molecular flexibility index (Phi) is 14.5. The SMILES string of the molecule is [CH2]CCCN(CCC)CCC.[LiH]. The molecular weight excluding hydrogens is 141 g/mol. The number of hydrogen-bond acceptors (Lipinski definition) is 1. The van der Waals surface area contributed by atoms with Crippen LogP contribution in [0.2, 0.25) is 0 Å². The van der Waals surface area contributed by atoms with Gasteiger partial charge >= 0.3 is 18.9 Å². The van der Waals surface area contributed by atoms with Gasteiger partial charge in [0.05, 0.1) is 0 Å². The van der Waals surface area contributed by atoms with Crippen molar-refractivity contribution in [3.8, 4) is 0 Å².